The number of ketones is 1. The number of hydrogen-bond acceptors (Lipinski definition) is 15. The Labute approximate surface area is 333 Å². The highest BCUT2D eigenvalue weighted by molar-refractivity contribution is 5.85. The molecule has 4 aliphatic rings. The zero-order valence-corrected chi connectivity index (χ0v) is 35.8. The van der Waals surface area contributed by atoms with Crippen molar-refractivity contribution in [2.75, 3.05) is 34.4 Å². The molecule has 0 aromatic rings. The number of nitrogens with zero attached hydrogens (tertiary/aromatic N) is 1. The minimum Gasteiger partial charge on any atom is -0.458 e. The number of alkyl carbamates (subject to hydrolysis) is 1. The molecule has 0 bridgehead atoms. The third kappa shape index (κ3) is 9.40. The third-order valence-corrected chi connectivity index (χ3v) is 13.3. The molecule has 1 amide bonds. The van der Waals surface area contributed by atoms with Gasteiger partial charge in [0.05, 0.1) is 47.6 Å². The molecule has 0 spiro atoms. The maximum Gasteiger partial charge on any atom is 0.408 e. The Morgan fingerprint density at radius 2 is 1.57 bits per heavy atom. The third-order valence-electron chi connectivity index (χ3n) is 13.3. The molecule has 0 aromatic heterocycles. The Morgan fingerprint density at radius 3 is 2.16 bits per heavy atom. The second-order valence-corrected chi connectivity index (χ2v) is 17.5. The molecule has 56 heavy (non-hydrogen) atoms. The molecule has 18 atom stereocenters. The van der Waals surface area contributed by atoms with Gasteiger partial charge >= 0.3 is 12.1 Å². The van der Waals surface area contributed by atoms with Crippen LogP contribution in [0.25, 0.3) is 0 Å². The summed E-state index contributed by atoms with van der Waals surface area (Å²) in [5.74, 6) is -3.84. The Balaban J connectivity index is 1.87. The Bertz CT molecular complexity index is 1360. The molecule has 324 valence electrons. The summed E-state index contributed by atoms with van der Waals surface area (Å²) in [6.07, 6.45) is -7.57. The van der Waals surface area contributed by atoms with Gasteiger partial charge in [-0.1, -0.05) is 27.7 Å². The number of carbonyl (C=O) groups is 3. The largest absolute Gasteiger partial charge is 0.458 e. The van der Waals surface area contributed by atoms with E-state index in [0.29, 0.717) is 19.5 Å². The van der Waals surface area contributed by atoms with E-state index in [1.165, 1.54) is 14.2 Å². The van der Waals surface area contributed by atoms with Gasteiger partial charge in [-0.05, 0) is 67.9 Å². The van der Waals surface area contributed by atoms with E-state index in [9.17, 15) is 24.6 Å². The van der Waals surface area contributed by atoms with Crippen molar-refractivity contribution in [2.24, 2.45) is 29.4 Å². The van der Waals surface area contributed by atoms with E-state index >= 15 is 0 Å². The van der Waals surface area contributed by atoms with Crippen LogP contribution in [0.4, 0.5) is 4.79 Å². The molecule has 0 unspecified atom stereocenters. The van der Waals surface area contributed by atoms with Gasteiger partial charge in [0.25, 0.3) is 0 Å². The van der Waals surface area contributed by atoms with Crippen LogP contribution in [0, 0.1) is 23.7 Å². The number of methoxy groups -OCH3 is 2. The number of nitrogens with two attached hydrogens (primary N) is 1. The van der Waals surface area contributed by atoms with Gasteiger partial charge in [-0.2, -0.15) is 0 Å². The monoisotopic (exact) mass is 801 g/mol. The summed E-state index contributed by atoms with van der Waals surface area (Å²) in [5.41, 5.74) is 2.25. The van der Waals surface area contributed by atoms with Crippen molar-refractivity contribution in [1.29, 1.82) is 0 Å². The van der Waals surface area contributed by atoms with Crippen molar-refractivity contribution >= 4 is 17.8 Å². The first kappa shape index (κ1) is 46.7. The van der Waals surface area contributed by atoms with E-state index in [-0.39, 0.29) is 37.2 Å². The van der Waals surface area contributed by atoms with Crippen molar-refractivity contribution < 1.29 is 62.5 Å². The number of nitrogens with one attached hydrogen (secondary N) is 1. The molecule has 4 fully saturated rings. The molecular weight excluding hydrogens is 730 g/mol. The number of ether oxygens (including phenoxy) is 8. The van der Waals surface area contributed by atoms with Crippen LogP contribution in [0.1, 0.15) is 94.9 Å². The first-order valence-corrected chi connectivity index (χ1v) is 20.3. The Morgan fingerprint density at radius 1 is 0.929 bits per heavy atom. The number of fused-ring (bicyclic) bond motifs is 1. The van der Waals surface area contributed by atoms with Crippen molar-refractivity contribution in [3.63, 3.8) is 0 Å². The van der Waals surface area contributed by atoms with Crippen molar-refractivity contribution in [2.45, 2.75) is 179 Å². The Hall–Kier alpha value is -1.99. The molecule has 0 radical (unpaired) electrons. The van der Waals surface area contributed by atoms with Crippen LogP contribution < -0.4 is 11.1 Å². The molecule has 16 heteroatoms. The lowest BCUT2D eigenvalue weighted by molar-refractivity contribution is -0.319. The predicted octanol–water partition coefficient (Wildman–Crippen LogP) is 2.52. The number of aliphatic hydroxyl groups is 2. The molecule has 4 aliphatic heterocycles. The molecule has 0 aliphatic carbocycles. The highest BCUT2D eigenvalue weighted by Gasteiger charge is 2.58. The molecule has 4 heterocycles. The van der Waals surface area contributed by atoms with Gasteiger partial charge in [0.15, 0.2) is 18.2 Å². The van der Waals surface area contributed by atoms with E-state index in [1.807, 2.05) is 46.6 Å². The number of carbonyl (C=O) groups excluding carboxylic acids is 3. The number of Topliss-reactive ketones (excluding diaryl/α,β-unsaturated/α-hetero) is 1. The van der Waals surface area contributed by atoms with Crippen molar-refractivity contribution in [3.8, 4) is 0 Å². The number of aliphatic hydroxyl groups excluding tert-OH is 2. The van der Waals surface area contributed by atoms with Gasteiger partial charge in [0.2, 0.25) is 0 Å². The summed E-state index contributed by atoms with van der Waals surface area (Å²) in [6.45, 7) is 18.8. The van der Waals surface area contributed by atoms with Crippen LogP contribution in [0.3, 0.4) is 0 Å². The molecule has 0 aromatic carbocycles. The molecular formula is C40H71N3O13. The molecule has 4 rings (SSSR count). The van der Waals surface area contributed by atoms with Gasteiger partial charge in [-0.25, -0.2) is 4.79 Å². The van der Waals surface area contributed by atoms with E-state index in [1.54, 1.807) is 34.6 Å². The number of amides is 1. The van der Waals surface area contributed by atoms with E-state index < -0.39 is 108 Å². The second-order valence-electron chi connectivity index (χ2n) is 17.5. The first-order valence-electron chi connectivity index (χ1n) is 20.3. The maximum atomic E-state index is 14.5. The van der Waals surface area contributed by atoms with Crippen LogP contribution in [-0.2, 0) is 47.5 Å². The average Bonchev–Trinajstić information content (AvgIpc) is 3.47. The fourth-order valence-corrected chi connectivity index (χ4v) is 9.63. The minimum atomic E-state index is -1.37. The van der Waals surface area contributed by atoms with Crippen LogP contribution in [0.15, 0.2) is 0 Å². The number of likely N-dealkylation sites (N-methyl/N-ethyl adjacent to an activating group) is 1. The molecule has 16 nitrogen and oxygen atoms in total. The average molecular weight is 802 g/mol. The lowest BCUT2D eigenvalue weighted by atomic mass is 9.73. The predicted molar refractivity (Wildman–Crippen MR) is 204 cm³/mol. The quantitative estimate of drug-likeness (QED) is 0.234. The van der Waals surface area contributed by atoms with E-state index in [4.69, 9.17) is 43.6 Å². The summed E-state index contributed by atoms with van der Waals surface area (Å²) in [4.78, 5) is 43.7. The topological polar surface area (TPSA) is 207 Å². The van der Waals surface area contributed by atoms with E-state index in [0.717, 1.165) is 0 Å². The first-order chi connectivity index (χ1) is 26.1. The van der Waals surface area contributed by atoms with Gasteiger partial charge in [-0.3, -0.25) is 14.5 Å². The van der Waals surface area contributed by atoms with Gasteiger partial charge < -0.3 is 59.2 Å². The molecule has 4 saturated heterocycles. The van der Waals surface area contributed by atoms with Crippen LogP contribution >= 0.6 is 0 Å². The summed E-state index contributed by atoms with van der Waals surface area (Å²) in [7, 11) is 4.94. The number of esters is 1. The lowest BCUT2D eigenvalue weighted by Gasteiger charge is -2.50. The van der Waals surface area contributed by atoms with Gasteiger partial charge in [0, 0.05) is 57.5 Å². The molecule has 0 saturated carbocycles. The maximum absolute atomic E-state index is 14.5. The zero-order chi connectivity index (χ0) is 42.1. The van der Waals surface area contributed by atoms with Crippen LogP contribution in [-0.4, -0.2) is 152 Å². The number of rotatable bonds is 10. The standard InChI is InChI=1S/C40H71N3O13/c1-14-27-40(10)32(42-37(48)56-40)22(4)29(44)20(2)18-39(9,50-13)34(55-36-30(45)26(17-21(3)51-36)43(11)16-15-41)23(5)31(24(6)35(47)53-27)54-28-19-38(8,49-12)33(46)25(7)52-28/h20-28,30-34,36,45-46H,14-19,41H2,1-13H3,(H,42,48)/t20-,21-,22+,23+,24-,25+,26+,27-,28+,30-,31+,32-,33+,34-,36+,38-,39+,40-/m1/s1. The summed E-state index contributed by atoms with van der Waals surface area (Å²) in [5, 5.41) is 25.6. The summed E-state index contributed by atoms with van der Waals surface area (Å²) in [6, 6.07) is -1.14. The zero-order valence-electron chi connectivity index (χ0n) is 35.8. The van der Waals surface area contributed by atoms with Gasteiger partial charge in [0.1, 0.15) is 24.1 Å². The van der Waals surface area contributed by atoms with Gasteiger partial charge in [-0.15, -0.1) is 0 Å². The highest BCUT2D eigenvalue weighted by atomic mass is 16.7. The summed E-state index contributed by atoms with van der Waals surface area (Å²) < 4.78 is 50.5. The van der Waals surface area contributed by atoms with Crippen LogP contribution in [0.2, 0.25) is 0 Å². The fraction of sp³-hybridized carbons (Fsp3) is 0.925. The SMILES string of the molecule is CC[C@H]1OC(=O)[C@H](C)[C@@H](O[C@H]2C[C@@](C)(OC)[C@@H](O)[C@H](C)O2)[C@H](C)[C@@H](O[C@@H]2O[C@H](C)C[C@H](N(C)CCN)[C@H]2O)[C@@](C)(OC)C[C@@H](C)C(=O)[C@H](C)[C@H]2NC(=O)O[C@@]21C. The Kier molecular flexibility index (Phi) is 15.4. The van der Waals surface area contributed by atoms with Crippen molar-refractivity contribution in [1.82, 2.24) is 10.2 Å². The smallest absolute Gasteiger partial charge is 0.408 e. The second kappa shape index (κ2) is 18.5. The van der Waals surface area contributed by atoms with Crippen molar-refractivity contribution in [3.05, 3.63) is 0 Å². The van der Waals surface area contributed by atoms with Crippen LogP contribution in [0.5, 0.6) is 0 Å². The van der Waals surface area contributed by atoms with E-state index in [2.05, 4.69) is 5.32 Å². The lowest BCUT2D eigenvalue weighted by Crippen LogP contribution is -2.62. The molecule has 5 N–H and O–H groups in total. The number of cyclic esters (lactones) is 1. The normalized spacial score (nSPS) is 47.1. The fourth-order valence-electron chi connectivity index (χ4n) is 9.63. The highest BCUT2D eigenvalue weighted by Crippen LogP contribution is 2.43. The number of hydrogen-bond donors (Lipinski definition) is 4. The minimum absolute atomic E-state index is 0.132. The summed E-state index contributed by atoms with van der Waals surface area (Å²) >= 11 is 0.